The Morgan fingerprint density at radius 1 is 1.36 bits per heavy atom. The van der Waals surface area contributed by atoms with Gasteiger partial charge in [-0.1, -0.05) is 0 Å². The molecule has 0 bridgehead atoms. The number of hydrogen-bond acceptors (Lipinski definition) is 7. The van der Waals surface area contributed by atoms with E-state index in [-0.39, 0.29) is 35.4 Å². The number of aliphatic hydroxyl groups is 1. The Labute approximate surface area is 164 Å². The Kier molecular flexibility index (Phi) is 6.03. The number of Topliss-reactive ketones (excluding diaryl/α,β-unsaturated/α-hetero) is 2. The molecule has 1 aliphatic rings. The van der Waals surface area contributed by atoms with Gasteiger partial charge in [0, 0.05) is 12.0 Å². The number of amides is 1. The first-order chi connectivity index (χ1) is 12.8. The number of aliphatic hydroxyl groups excluding tert-OH is 1. The van der Waals surface area contributed by atoms with Gasteiger partial charge < -0.3 is 25.6 Å². The van der Waals surface area contributed by atoms with Crippen molar-refractivity contribution in [2.24, 2.45) is 0 Å². The highest BCUT2D eigenvalue weighted by atomic mass is 16.6. The first kappa shape index (κ1) is 21.7. The number of alkyl carbamates (subject to hydrolysis) is 1. The van der Waals surface area contributed by atoms with E-state index in [1.54, 1.807) is 40.7 Å². The van der Waals surface area contributed by atoms with Gasteiger partial charge >= 0.3 is 6.09 Å². The quantitative estimate of drug-likeness (QED) is 0.519. The Morgan fingerprint density at radius 3 is 2.57 bits per heavy atom. The molecule has 1 aliphatic heterocycles. The van der Waals surface area contributed by atoms with Crippen LogP contribution in [-0.4, -0.2) is 46.6 Å². The molecule has 0 saturated carbocycles. The number of anilines is 1. The van der Waals surface area contributed by atoms with Crippen LogP contribution in [0.1, 0.15) is 68.2 Å². The summed E-state index contributed by atoms with van der Waals surface area (Å²) in [6.07, 6.45) is -0.774. The number of hydrogen-bond donors (Lipinski definition) is 3. The van der Waals surface area contributed by atoms with Gasteiger partial charge in [-0.15, -0.1) is 0 Å². The number of rotatable bonds is 5. The smallest absolute Gasteiger partial charge is 0.407 e. The summed E-state index contributed by atoms with van der Waals surface area (Å²) in [6, 6.07) is 2.20. The minimum atomic E-state index is -0.844. The summed E-state index contributed by atoms with van der Waals surface area (Å²) >= 11 is 0. The molecule has 154 valence electrons. The van der Waals surface area contributed by atoms with Crippen molar-refractivity contribution >= 4 is 23.3 Å². The second-order valence-electron chi connectivity index (χ2n) is 8.51. The van der Waals surface area contributed by atoms with Gasteiger partial charge in [0.25, 0.3) is 0 Å². The predicted molar refractivity (Wildman–Crippen MR) is 104 cm³/mol. The van der Waals surface area contributed by atoms with E-state index in [2.05, 4.69) is 5.32 Å². The molecule has 4 N–H and O–H groups in total. The highest BCUT2D eigenvalue weighted by molar-refractivity contribution is 6.11. The summed E-state index contributed by atoms with van der Waals surface area (Å²) in [7, 11) is 0. The van der Waals surface area contributed by atoms with Crippen molar-refractivity contribution in [3.05, 3.63) is 23.3 Å². The molecule has 1 aromatic carbocycles. The van der Waals surface area contributed by atoms with E-state index in [0.29, 0.717) is 5.75 Å². The van der Waals surface area contributed by atoms with Gasteiger partial charge in [-0.2, -0.15) is 0 Å². The van der Waals surface area contributed by atoms with Crippen LogP contribution < -0.4 is 15.8 Å². The summed E-state index contributed by atoms with van der Waals surface area (Å²) in [4.78, 5) is 37.0. The Hall–Kier alpha value is -2.61. The second-order valence-corrected chi connectivity index (χ2v) is 8.51. The molecular formula is C20H28N2O6. The van der Waals surface area contributed by atoms with E-state index < -0.39 is 35.7 Å². The zero-order chi connectivity index (χ0) is 21.3. The summed E-state index contributed by atoms with van der Waals surface area (Å²) < 4.78 is 10.9. The maximum absolute atomic E-state index is 12.7. The second kappa shape index (κ2) is 7.79. The minimum absolute atomic E-state index is 0.0527. The molecule has 8 nitrogen and oxygen atoms in total. The van der Waals surface area contributed by atoms with E-state index in [9.17, 15) is 19.5 Å². The maximum atomic E-state index is 12.7. The molecule has 0 saturated heterocycles. The van der Waals surface area contributed by atoms with E-state index in [1.165, 1.54) is 6.07 Å². The Bertz CT molecular complexity index is 795. The zero-order valence-electron chi connectivity index (χ0n) is 16.9. The molecule has 2 rings (SSSR count). The van der Waals surface area contributed by atoms with E-state index >= 15 is 0 Å². The lowest BCUT2D eigenvalue weighted by atomic mass is 9.89. The third-order valence-corrected chi connectivity index (χ3v) is 4.13. The average molecular weight is 392 g/mol. The Balaban J connectivity index is 2.17. The zero-order valence-corrected chi connectivity index (χ0v) is 16.9. The number of carbonyl (C=O) groups excluding carboxylic acids is 3. The van der Waals surface area contributed by atoms with Gasteiger partial charge in [-0.3, -0.25) is 9.59 Å². The molecule has 0 radical (unpaired) electrons. The van der Waals surface area contributed by atoms with Crippen molar-refractivity contribution in [2.75, 3.05) is 12.3 Å². The number of benzene rings is 1. The van der Waals surface area contributed by atoms with Gasteiger partial charge in [0.2, 0.25) is 0 Å². The minimum Gasteiger partial charge on any atom is -0.487 e. The van der Waals surface area contributed by atoms with Crippen LogP contribution in [0.5, 0.6) is 5.75 Å². The van der Waals surface area contributed by atoms with E-state index in [4.69, 9.17) is 15.2 Å². The van der Waals surface area contributed by atoms with Gasteiger partial charge in [-0.05, 0) is 46.8 Å². The molecule has 0 spiro atoms. The van der Waals surface area contributed by atoms with Gasteiger partial charge in [0.05, 0.1) is 30.3 Å². The summed E-state index contributed by atoms with van der Waals surface area (Å²) in [5, 5.41) is 12.0. The van der Waals surface area contributed by atoms with Gasteiger partial charge in [-0.25, -0.2) is 4.79 Å². The molecule has 0 fully saturated rings. The predicted octanol–water partition coefficient (Wildman–Crippen LogP) is 2.47. The van der Waals surface area contributed by atoms with E-state index in [0.717, 1.165) is 0 Å². The lowest BCUT2D eigenvalue weighted by molar-refractivity contribution is 0.0478. The molecule has 1 atom stereocenters. The van der Waals surface area contributed by atoms with Crippen molar-refractivity contribution in [3.63, 3.8) is 0 Å². The fourth-order valence-electron chi connectivity index (χ4n) is 2.99. The normalized spacial score (nSPS) is 16.6. The van der Waals surface area contributed by atoms with Crippen molar-refractivity contribution in [2.45, 2.75) is 64.7 Å². The maximum Gasteiger partial charge on any atom is 0.407 e. The van der Waals surface area contributed by atoms with Crippen molar-refractivity contribution in [3.8, 4) is 5.75 Å². The van der Waals surface area contributed by atoms with Crippen molar-refractivity contribution in [1.29, 1.82) is 0 Å². The largest absolute Gasteiger partial charge is 0.487 e. The van der Waals surface area contributed by atoms with Crippen LogP contribution in [-0.2, 0) is 4.74 Å². The number of carbonyl (C=O) groups is 3. The topological polar surface area (TPSA) is 128 Å². The molecule has 1 aromatic rings. The highest BCUT2D eigenvalue weighted by Gasteiger charge is 2.35. The van der Waals surface area contributed by atoms with E-state index in [1.807, 2.05) is 0 Å². The molecule has 1 heterocycles. The number of nitrogen functional groups attached to an aromatic ring is 1. The summed E-state index contributed by atoms with van der Waals surface area (Å²) in [6.45, 7) is 8.28. The monoisotopic (exact) mass is 392 g/mol. The third-order valence-electron chi connectivity index (χ3n) is 4.13. The van der Waals surface area contributed by atoms with Crippen LogP contribution in [0.15, 0.2) is 12.1 Å². The van der Waals surface area contributed by atoms with Crippen LogP contribution in [0.3, 0.4) is 0 Å². The van der Waals surface area contributed by atoms with Crippen LogP contribution in [0.2, 0.25) is 0 Å². The molecule has 8 heteroatoms. The third kappa shape index (κ3) is 5.22. The van der Waals surface area contributed by atoms with Crippen LogP contribution in [0, 0.1) is 0 Å². The van der Waals surface area contributed by atoms with Crippen molar-refractivity contribution in [1.82, 2.24) is 5.32 Å². The fraction of sp³-hybridized carbons (Fsp3) is 0.550. The summed E-state index contributed by atoms with van der Waals surface area (Å²) in [5.41, 5.74) is 5.15. The first-order valence-corrected chi connectivity index (χ1v) is 9.11. The molecule has 0 aliphatic carbocycles. The van der Waals surface area contributed by atoms with Gasteiger partial charge in [0.1, 0.15) is 17.0 Å². The van der Waals surface area contributed by atoms with Crippen molar-refractivity contribution < 1.29 is 29.0 Å². The Morgan fingerprint density at radius 2 is 2.00 bits per heavy atom. The lowest BCUT2D eigenvalue weighted by Gasteiger charge is -2.32. The standard InChI is InChI=1S/C20H28N2O6/c1-19(2,3)28-18(26)22-11(10-23)8-13(24)12-6-7-15-16(17(12)21)14(25)9-20(4,5)27-15/h6-7,11,23H,8-10,21H2,1-5H3,(H,22,26)/t11-/m1/s1. The summed E-state index contributed by atoms with van der Waals surface area (Å²) in [5.74, 6) is -0.252. The first-order valence-electron chi connectivity index (χ1n) is 9.11. The number of nitrogens with one attached hydrogen (secondary N) is 1. The van der Waals surface area contributed by atoms with Crippen LogP contribution in [0.4, 0.5) is 10.5 Å². The highest BCUT2D eigenvalue weighted by Crippen LogP contribution is 2.38. The molecular weight excluding hydrogens is 364 g/mol. The fourth-order valence-corrected chi connectivity index (χ4v) is 2.99. The number of ether oxygens (including phenoxy) is 2. The van der Waals surface area contributed by atoms with Gasteiger partial charge in [0.15, 0.2) is 11.6 Å². The molecule has 0 aromatic heterocycles. The molecule has 0 unspecified atom stereocenters. The molecule has 28 heavy (non-hydrogen) atoms. The lowest BCUT2D eigenvalue weighted by Crippen LogP contribution is -2.42. The number of ketones is 2. The average Bonchev–Trinajstić information content (AvgIpc) is 2.50. The number of fused-ring (bicyclic) bond motifs is 1. The van der Waals surface area contributed by atoms with Crippen LogP contribution >= 0.6 is 0 Å². The van der Waals surface area contributed by atoms with Crippen LogP contribution in [0.25, 0.3) is 0 Å². The SMILES string of the molecule is CC(C)(C)OC(=O)N[C@@H](CO)CC(=O)c1ccc2c(c1N)C(=O)CC(C)(C)O2. The number of nitrogens with two attached hydrogens (primary N) is 1. The molecule has 1 amide bonds.